The number of rotatable bonds is 6. The molecular weight excluding hydrogens is 272 g/mol. The summed E-state index contributed by atoms with van der Waals surface area (Å²) in [4.78, 5) is 22.3. The number of benzene rings is 1. The van der Waals surface area contributed by atoms with Crippen molar-refractivity contribution >= 4 is 29.2 Å². The minimum absolute atomic E-state index is 0.101. The highest BCUT2D eigenvalue weighted by Crippen LogP contribution is 2.19. The van der Waals surface area contributed by atoms with Crippen molar-refractivity contribution in [3.63, 3.8) is 0 Å². The number of carbonyl (C=O) groups excluding carboxylic acids is 1. The third-order valence-corrected chi connectivity index (χ3v) is 2.83. The number of aliphatic carboxylic acids is 1. The number of carboxylic acids is 1. The highest BCUT2D eigenvalue weighted by atomic mass is 35.5. The van der Waals surface area contributed by atoms with Crippen molar-refractivity contribution in [1.29, 1.82) is 0 Å². The maximum atomic E-state index is 11.8. The molecule has 0 radical (unpaired) electrons. The number of nitrogen functional groups attached to an aromatic ring is 1. The highest BCUT2D eigenvalue weighted by Gasteiger charge is 2.14. The van der Waals surface area contributed by atoms with Crippen LogP contribution in [-0.2, 0) is 9.53 Å². The van der Waals surface area contributed by atoms with Crippen molar-refractivity contribution in [3.8, 4) is 0 Å². The van der Waals surface area contributed by atoms with Crippen LogP contribution in [0.2, 0.25) is 5.02 Å². The van der Waals surface area contributed by atoms with Crippen LogP contribution in [0, 0.1) is 0 Å². The number of halogens is 1. The molecule has 1 rings (SSSR count). The van der Waals surface area contributed by atoms with Crippen LogP contribution in [0.25, 0.3) is 0 Å². The Bertz CT molecular complexity index is 479. The van der Waals surface area contributed by atoms with Gasteiger partial charge in [0.25, 0.3) is 5.91 Å². The van der Waals surface area contributed by atoms with E-state index in [-0.39, 0.29) is 18.9 Å². The summed E-state index contributed by atoms with van der Waals surface area (Å²) in [6.45, 7) is 0.101. The zero-order valence-electron chi connectivity index (χ0n) is 10.4. The van der Waals surface area contributed by atoms with Gasteiger partial charge < -0.3 is 20.9 Å². The van der Waals surface area contributed by atoms with Crippen LogP contribution in [-0.4, -0.2) is 36.7 Å². The summed E-state index contributed by atoms with van der Waals surface area (Å²) in [5, 5.41) is 11.6. The SMILES string of the molecule is COC(CNC(=O)c1ccc(Cl)c(N)c1)CC(=O)O. The molecule has 0 spiro atoms. The molecule has 0 fully saturated rings. The molecule has 0 heterocycles. The van der Waals surface area contributed by atoms with Gasteiger partial charge in [0.05, 0.1) is 23.2 Å². The first-order valence-corrected chi connectivity index (χ1v) is 5.89. The summed E-state index contributed by atoms with van der Waals surface area (Å²) in [7, 11) is 1.39. The van der Waals surface area contributed by atoms with Gasteiger partial charge in [0.2, 0.25) is 0 Å². The van der Waals surface area contributed by atoms with E-state index in [1.807, 2.05) is 0 Å². The first-order valence-electron chi connectivity index (χ1n) is 5.52. The van der Waals surface area contributed by atoms with Crippen LogP contribution in [0.5, 0.6) is 0 Å². The fourth-order valence-electron chi connectivity index (χ4n) is 1.43. The molecule has 1 aromatic carbocycles. The van der Waals surface area contributed by atoms with E-state index in [2.05, 4.69) is 5.32 Å². The van der Waals surface area contributed by atoms with E-state index in [1.165, 1.54) is 25.3 Å². The Kier molecular flexibility index (Phi) is 5.59. The highest BCUT2D eigenvalue weighted by molar-refractivity contribution is 6.33. The van der Waals surface area contributed by atoms with Gasteiger partial charge in [-0.25, -0.2) is 0 Å². The molecule has 1 aromatic rings. The zero-order chi connectivity index (χ0) is 14.4. The molecule has 6 nitrogen and oxygen atoms in total. The monoisotopic (exact) mass is 286 g/mol. The normalized spacial score (nSPS) is 11.9. The van der Waals surface area contributed by atoms with E-state index in [4.69, 9.17) is 27.2 Å². The maximum absolute atomic E-state index is 11.8. The van der Waals surface area contributed by atoms with Gasteiger partial charge in [0, 0.05) is 19.2 Å². The van der Waals surface area contributed by atoms with Gasteiger partial charge in [-0.15, -0.1) is 0 Å². The van der Waals surface area contributed by atoms with E-state index in [9.17, 15) is 9.59 Å². The van der Waals surface area contributed by atoms with Crippen molar-refractivity contribution in [3.05, 3.63) is 28.8 Å². The largest absolute Gasteiger partial charge is 0.481 e. The lowest BCUT2D eigenvalue weighted by Crippen LogP contribution is -2.34. The predicted molar refractivity (Wildman–Crippen MR) is 71.2 cm³/mol. The topological polar surface area (TPSA) is 102 Å². The molecular formula is C12H15ClN2O4. The number of amides is 1. The molecule has 0 aliphatic rings. The van der Waals surface area contributed by atoms with Gasteiger partial charge in [-0.05, 0) is 18.2 Å². The third kappa shape index (κ3) is 4.76. The van der Waals surface area contributed by atoms with Crippen LogP contribution in [0.15, 0.2) is 18.2 Å². The minimum Gasteiger partial charge on any atom is -0.481 e. The van der Waals surface area contributed by atoms with Crippen LogP contribution in [0.4, 0.5) is 5.69 Å². The number of carbonyl (C=O) groups is 2. The molecule has 0 aliphatic heterocycles. The van der Waals surface area contributed by atoms with Crippen molar-refractivity contribution in [2.45, 2.75) is 12.5 Å². The zero-order valence-corrected chi connectivity index (χ0v) is 11.1. The molecule has 19 heavy (non-hydrogen) atoms. The Balaban J connectivity index is 2.59. The van der Waals surface area contributed by atoms with Crippen molar-refractivity contribution in [1.82, 2.24) is 5.32 Å². The molecule has 0 saturated carbocycles. The lowest BCUT2D eigenvalue weighted by molar-refractivity contribution is -0.139. The maximum Gasteiger partial charge on any atom is 0.306 e. The molecule has 1 atom stereocenters. The number of methoxy groups -OCH3 is 1. The van der Waals surface area contributed by atoms with Gasteiger partial charge in [0.15, 0.2) is 0 Å². The molecule has 0 aliphatic carbocycles. The summed E-state index contributed by atoms with van der Waals surface area (Å²) in [5.74, 6) is -1.35. The van der Waals surface area contributed by atoms with Crippen LogP contribution in [0.1, 0.15) is 16.8 Å². The second-order valence-corrected chi connectivity index (χ2v) is 4.31. The van der Waals surface area contributed by atoms with Crippen molar-refractivity contribution < 1.29 is 19.4 Å². The molecule has 4 N–H and O–H groups in total. The molecule has 104 valence electrons. The number of anilines is 1. The van der Waals surface area contributed by atoms with Gasteiger partial charge in [0.1, 0.15) is 0 Å². The fourth-order valence-corrected chi connectivity index (χ4v) is 1.54. The van der Waals surface area contributed by atoms with Gasteiger partial charge >= 0.3 is 5.97 Å². The smallest absolute Gasteiger partial charge is 0.306 e. The third-order valence-electron chi connectivity index (χ3n) is 2.48. The lowest BCUT2D eigenvalue weighted by Gasteiger charge is -2.14. The fraction of sp³-hybridized carbons (Fsp3) is 0.333. The number of hydrogen-bond donors (Lipinski definition) is 3. The Labute approximate surface area is 115 Å². The average Bonchev–Trinajstić information content (AvgIpc) is 2.36. The number of nitrogens with two attached hydrogens (primary N) is 1. The second-order valence-electron chi connectivity index (χ2n) is 3.90. The van der Waals surface area contributed by atoms with Gasteiger partial charge in [-0.1, -0.05) is 11.6 Å². The minimum atomic E-state index is -0.989. The number of carboxylic acid groups (broad SMARTS) is 1. The quantitative estimate of drug-likeness (QED) is 0.681. The summed E-state index contributed by atoms with van der Waals surface area (Å²) in [5.41, 5.74) is 6.25. The number of hydrogen-bond acceptors (Lipinski definition) is 4. The average molecular weight is 287 g/mol. The van der Waals surface area contributed by atoms with Crippen LogP contribution < -0.4 is 11.1 Å². The molecule has 0 saturated heterocycles. The van der Waals surface area contributed by atoms with E-state index in [1.54, 1.807) is 0 Å². The molecule has 0 bridgehead atoms. The lowest BCUT2D eigenvalue weighted by atomic mass is 10.2. The molecule has 0 aromatic heterocycles. The first-order chi connectivity index (χ1) is 8.93. The van der Waals surface area contributed by atoms with Crippen LogP contribution in [0.3, 0.4) is 0 Å². The van der Waals surface area contributed by atoms with E-state index in [0.29, 0.717) is 16.3 Å². The summed E-state index contributed by atoms with van der Waals surface area (Å²) < 4.78 is 4.95. The van der Waals surface area contributed by atoms with E-state index >= 15 is 0 Å². The van der Waals surface area contributed by atoms with E-state index < -0.39 is 12.1 Å². The molecule has 1 amide bonds. The Morgan fingerprint density at radius 2 is 2.21 bits per heavy atom. The number of ether oxygens (including phenoxy) is 1. The molecule has 7 heteroatoms. The van der Waals surface area contributed by atoms with Gasteiger partial charge in [-0.2, -0.15) is 0 Å². The van der Waals surface area contributed by atoms with Gasteiger partial charge in [-0.3, -0.25) is 9.59 Å². The standard InChI is InChI=1S/C12H15ClN2O4/c1-19-8(5-11(16)17)6-15-12(18)7-2-3-9(13)10(14)4-7/h2-4,8H,5-6,14H2,1H3,(H,15,18)(H,16,17). The van der Waals surface area contributed by atoms with Crippen molar-refractivity contribution in [2.24, 2.45) is 0 Å². The first kappa shape index (κ1) is 15.3. The summed E-state index contributed by atoms with van der Waals surface area (Å²) in [6.07, 6.45) is -0.759. The molecule has 1 unspecified atom stereocenters. The Morgan fingerprint density at radius 1 is 1.53 bits per heavy atom. The second kappa shape index (κ2) is 6.96. The summed E-state index contributed by atoms with van der Waals surface area (Å²) >= 11 is 5.75. The Hall–Kier alpha value is -1.79. The van der Waals surface area contributed by atoms with Crippen LogP contribution >= 0.6 is 11.6 Å². The number of nitrogens with one attached hydrogen (secondary N) is 1. The Morgan fingerprint density at radius 3 is 2.74 bits per heavy atom. The predicted octanol–water partition coefficient (Wildman–Crippen LogP) is 1.14. The van der Waals surface area contributed by atoms with Crippen molar-refractivity contribution in [2.75, 3.05) is 19.4 Å². The van der Waals surface area contributed by atoms with E-state index in [0.717, 1.165) is 0 Å². The summed E-state index contributed by atoms with van der Waals surface area (Å²) in [6, 6.07) is 4.51.